The zero-order valence-corrected chi connectivity index (χ0v) is 14.7. The third-order valence-electron chi connectivity index (χ3n) is 3.47. The van der Waals surface area contributed by atoms with Crippen molar-refractivity contribution >= 4 is 52.2 Å². The molecule has 2 aromatic carbocycles. The second kappa shape index (κ2) is 7.13. The maximum atomic E-state index is 12.4. The topological polar surface area (TPSA) is 70.0 Å². The van der Waals surface area contributed by atoms with Crippen LogP contribution in [0.5, 0.6) is 0 Å². The van der Waals surface area contributed by atoms with Crippen molar-refractivity contribution < 1.29 is 14.7 Å². The fraction of sp³-hybridized carbons (Fsp3) is 0.0556. The molecule has 0 spiro atoms. The van der Waals surface area contributed by atoms with E-state index < -0.39 is 5.97 Å². The van der Waals surface area contributed by atoms with Gasteiger partial charge in [0.25, 0.3) is 5.91 Å². The van der Waals surface area contributed by atoms with Crippen molar-refractivity contribution in [3.8, 4) is 0 Å². The van der Waals surface area contributed by atoms with Gasteiger partial charge in [-0.25, -0.2) is 9.79 Å². The summed E-state index contributed by atoms with van der Waals surface area (Å²) in [6, 6.07) is 13.5. The summed E-state index contributed by atoms with van der Waals surface area (Å²) in [5.41, 5.74) is 1.45. The Labute approximate surface area is 153 Å². The van der Waals surface area contributed by atoms with E-state index >= 15 is 0 Å². The number of hydrogen-bond acceptors (Lipinski definition) is 4. The SMILES string of the molecule is CN1C(=O)/C(=C/c2cccc(Cl)c2)SC1=Nc1cccc(C(=O)O)c1. The highest BCUT2D eigenvalue weighted by molar-refractivity contribution is 8.18. The van der Waals surface area contributed by atoms with Crippen LogP contribution in [0.25, 0.3) is 6.08 Å². The molecule has 0 aromatic heterocycles. The van der Waals surface area contributed by atoms with Gasteiger partial charge in [-0.2, -0.15) is 0 Å². The number of likely N-dealkylation sites (N-methyl/N-ethyl adjacent to an activating group) is 1. The van der Waals surface area contributed by atoms with Gasteiger partial charge in [-0.3, -0.25) is 9.69 Å². The zero-order valence-electron chi connectivity index (χ0n) is 13.1. The molecule has 0 radical (unpaired) electrons. The number of amides is 1. The number of aliphatic imine (C=N–C) groups is 1. The average molecular weight is 373 g/mol. The van der Waals surface area contributed by atoms with Gasteiger partial charge in [-0.15, -0.1) is 0 Å². The molecule has 126 valence electrons. The number of carboxylic acids is 1. The first-order valence-corrected chi connectivity index (χ1v) is 8.49. The number of benzene rings is 2. The Morgan fingerprint density at radius 3 is 2.72 bits per heavy atom. The Balaban J connectivity index is 1.91. The molecule has 1 fully saturated rings. The Hall–Kier alpha value is -2.57. The molecule has 0 atom stereocenters. The van der Waals surface area contributed by atoms with Crippen LogP contribution in [0.3, 0.4) is 0 Å². The van der Waals surface area contributed by atoms with Crippen molar-refractivity contribution in [3.05, 3.63) is 69.6 Å². The molecular weight excluding hydrogens is 360 g/mol. The molecule has 2 aromatic rings. The lowest BCUT2D eigenvalue weighted by Crippen LogP contribution is -2.23. The molecule has 3 rings (SSSR count). The molecule has 1 amide bonds. The molecule has 1 aliphatic heterocycles. The van der Waals surface area contributed by atoms with E-state index in [0.717, 1.165) is 5.56 Å². The number of halogens is 1. The number of rotatable bonds is 3. The third-order valence-corrected chi connectivity index (χ3v) is 4.76. The lowest BCUT2D eigenvalue weighted by molar-refractivity contribution is -0.121. The van der Waals surface area contributed by atoms with E-state index in [9.17, 15) is 9.59 Å². The van der Waals surface area contributed by atoms with E-state index in [4.69, 9.17) is 16.7 Å². The first-order valence-electron chi connectivity index (χ1n) is 7.29. The molecule has 0 saturated carbocycles. The minimum atomic E-state index is -1.02. The number of nitrogens with zero attached hydrogens (tertiary/aromatic N) is 2. The van der Waals surface area contributed by atoms with Crippen molar-refractivity contribution in [2.45, 2.75) is 0 Å². The molecule has 0 bridgehead atoms. The zero-order chi connectivity index (χ0) is 18.0. The summed E-state index contributed by atoms with van der Waals surface area (Å²) >= 11 is 7.20. The minimum Gasteiger partial charge on any atom is -0.478 e. The smallest absolute Gasteiger partial charge is 0.335 e. The second-order valence-electron chi connectivity index (χ2n) is 5.28. The van der Waals surface area contributed by atoms with Gasteiger partial charge < -0.3 is 5.11 Å². The van der Waals surface area contributed by atoms with Gasteiger partial charge in [0, 0.05) is 12.1 Å². The van der Waals surface area contributed by atoms with Crippen LogP contribution in [0.1, 0.15) is 15.9 Å². The molecule has 5 nitrogen and oxygen atoms in total. The van der Waals surface area contributed by atoms with Gasteiger partial charge in [0.1, 0.15) is 0 Å². The Bertz CT molecular complexity index is 924. The van der Waals surface area contributed by atoms with Crippen LogP contribution in [0.2, 0.25) is 5.02 Å². The highest BCUT2D eigenvalue weighted by Crippen LogP contribution is 2.33. The third kappa shape index (κ3) is 3.92. The molecular formula is C18H13ClN2O3S. The van der Waals surface area contributed by atoms with E-state index in [-0.39, 0.29) is 11.5 Å². The summed E-state index contributed by atoms with van der Waals surface area (Å²) in [6.07, 6.45) is 1.76. The molecule has 0 unspecified atom stereocenters. The largest absolute Gasteiger partial charge is 0.478 e. The fourth-order valence-corrected chi connectivity index (χ4v) is 3.40. The lowest BCUT2D eigenvalue weighted by Gasteiger charge is -2.07. The molecule has 7 heteroatoms. The average Bonchev–Trinajstić information content (AvgIpc) is 2.83. The van der Waals surface area contributed by atoms with Crippen molar-refractivity contribution in [2.24, 2.45) is 4.99 Å². The number of carbonyl (C=O) groups is 2. The highest BCUT2D eigenvalue weighted by Gasteiger charge is 2.30. The summed E-state index contributed by atoms with van der Waals surface area (Å²) in [4.78, 5) is 29.8. The summed E-state index contributed by atoms with van der Waals surface area (Å²) in [5, 5.41) is 10.1. The number of carbonyl (C=O) groups excluding carboxylic acids is 1. The Morgan fingerprint density at radius 2 is 2.00 bits per heavy atom. The normalized spacial score (nSPS) is 17.5. The van der Waals surface area contributed by atoms with Gasteiger partial charge in [0.05, 0.1) is 16.2 Å². The first-order chi connectivity index (χ1) is 11.9. The van der Waals surface area contributed by atoms with Gasteiger partial charge in [-0.1, -0.05) is 29.8 Å². The molecule has 1 heterocycles. The summed E-state index contributed by atoms with van der Waals surface area (Å²) in [7, 11) is 1.63. The number of thioether (sulfide) groups is 1. The summed E-state index contributed by atoms with van der Waals surface area (Å²) in [5.74, 6) is -1.19. The molecule has 25 heavy (non-hydrogen) atoms. The van der Waals surface area contributed by atoms with Crippen molar-refractivity contribution in [1.82, 2.24) is 4.90 Å². The van der Waals surface area contributed by atoms with Crippen LogP contribution in [-0.2, 0) is 4.79 Å². The second-order valence-corrected chi connectivity index (χ2v) is 6.73. The first kappa shape index (κ1) is 17.3. The van der Waals surface area contributed by atoms with Crippen LogP contribution < -0.4 is 0 Å². The Morgan fingerprint density at radius 1 is 1.24 bits per heavy atom. The molecule has 1 aliphatic rings. The minimum absolute atomic E-state index is 0.147. The molecule has 1 N–H and O–H groups in total. The molecule has 1 saturated heterocycles. The van der Waals surface area contributed by atoms with Crippen LogP contribution >= 0.6 is 23.4 Å². The predicted molar refractivity (Wildman–Crippen MR) is 100 cm³/mol. The number of amidine groups is 1. The van der Waals surface area contributed by atoms with Crippen molar-refractivity contribution in [3.63, 3.8) is 0 Å². The monoisotopic (exact) mass is 372 g/mol. The summed E-state index contributed by atoms with van der Waals surface area (Å²) in [6.45, 7) is 0. The van der Waals surface area contributed by atoms with Gasteiger partial charge in [-0.05, 0) is 53.7 Å². The van der Waals surface area contributed by atoms with Gasteiger partial charge in [0.2, 0.25) is 0 Å². The van der Waals surface area contributed by atoms with E-state index in [2.05, 4.69) is 4.99 Å². The summed E-state index contributed by atoms with van der Waals surface area (Å²) < 4.78 is 0. The van der Waals surface area contributed by atoms with E-state index in [0.29, 0.717) is 20.8 Å². The van der Waals surface area contributed by atoms with Crippen LogP contribution in [0.4, 0.5) is 5.69 Å². The van der Waals surface area contributed by atoms with Crippen LogP contribution in [-0.4, -0.2) is 34.1 Å². The van der Waals surface area contributed by atoms with Gasteiger partial charge in [0.15, 0.2) is 5.17 Å². The predicted octanol–water partition coefficient (Wildman–Crippen LogP) is 4.27. The quantitative estimate of drug-likeness (QED) is 0.817. The number of carboxylic acid groups (broad SMARTS) is 1. The van der Waals surface area contributed by atoms with Crippen LogP contribution in [0.15, 0.2) is 58.4 Å². The van der Waals surface area contributed by atoms with Gasteiger partial charge >= 0.3 is 5.97 Å². The van der Waals surface area contributed by atoms with Crippen molar-refractivity contribution in [1.29, 1.82) is 0 Å². The number of aromatic carboxylic acids is 1. The Kier molecular flexibility index (Phi) is 4.92. The van der Waals surface area contributed by atoms with Crippen LogP contribution in [0, 0.1) is 0 Å². The van der Waals surface area contributed by atoms with E-state index in [1.54, 1.807) is 37.4 Å². The maximum Gasteiger partial charge on any atom is 0.335 e. The van der Waals surface area contributed by atoms with E-state index in [1.165, 1.54) is 28.8 Å². The highest BCUT2D eigenvalue weighted by atomic mass is 35.5. The fourth-order valence-electron chi connectivity index (χ4n) is 2.22. The lowest BCUT2D eigenvalue weighted by atomic mass is 10.2. The number of hydrogen-bond donors (Lipinski definition) is 1. The standard InChI is InChI=1S/C18H13ClN2O3S/c1-21-16(22)15(9-11-4-2-6-13(19)8-11)25-18(21)20-14-7-3-5-12(10-14)17(23)24/h2-10H,1H3,(H,23,24)/b15-9-,20-18?. The molecule has 0 aliphatic carbocycles. The van der Waals surface area contributed by atoms with E-state index in [1.807, 2.05) is 12.1 Å². The maximum absolute atomic E-state index is 12.4. The van der Waals surface area contributed by atoms with Crippen molar-refractivity contribution in [2.75, 3.05) is 7.05 Å².